The van der Waals surface area contributed by atoms with Crippen LogP contribution in [0.25, 0.3) is 0 Å². The third-order valence-corrected chi connectivity index (χ3v) is 3.59. The lowest BCUT2D eigenvalue weighted by Crippen LogP contribution is -2.48. The predicted molar refractivity (Wildman–Crippen MR) is 79.5 cm³/mol. The summed E-state index contributed by atoms with van der Waals surface area (Å²) in [6, 6.07) is 6.17. The van der Waals surface area contributed by atoms with E-state index in [0.717, 1.165) is 32.2 Å². The van der Waals surface area contributed by atoms with Crippen molar-refractivity contribution in [1.82, 2.24) is 5.32 Å². The van der Waals surface area contributed by atoms with E-state index >= 15 is 0 Å². The highest BCUT2D eigenvalue weighted by atomic mass is 19.1. The Kier molecular flexibility index (Phi) is 7.55. The highest BCUT2D eigenvalue weighted by Crippen LogP contribution is 2.18. The first-order chi connectivity index (χ1) is 9.65. The maximum atomic E-state index is 13.0. The summed E-state index contributed by atoms with van der Waals surface area (Å²) in [5.41, 5.74) is -0.221. The maximum absolute atomic E-state index is 13.0. The van der Waals surface area contributed by atoms with Gasteiger partial charge in [0.2, 0.25) is 0 Å². The summed E-state index contributed by atoms with van der Waals surface area (Å²) >= 11 is 0. The first-order valence-corrected chi connectivity index (χ1v) is 7.40. The van der Waals surface area contributed by atoms with Crippen molar-refractivity contribution in [1.29, 1.82) is 0 Å². The second-order valence-electron chi connectivity index (χ2n) is 5.13. The largest absolute Gasteiger partial charge is 0.493 e. The van der Waals surface area contributed by atoms with Crippen molar-refractivity contribution in [3.8, 4) is 5.75 Å². The van der Waals surface area contributed by atoms with Gasteiger partial charge >= 0.3 is 0 Å². The second kappa shape index (κ2) is 8.93. The summed E-state index contributed by atoms with van der Waals surface area (Å²) in [4.78, 5) is 0. The van der Waals surface area contributed by atoms with E-state index in [1.165, 1.54) is 12.1 Å². The molecule has 1 aromatic carbocycles. The van der Waals surface area contributed by atoms with Crippen molar-refractivity contribution in [2.75, 3.05) is 19.8 Å². The fourth-order valence-corrected chi connectivity index (χ4v) is 2.18. The minimum Gasteiger partial charge on any atom is -0.493 e. The molecule has 0 aliphatic rings. The molecule has 1 unspecified atom stereocenters. The van der Waals surface area contributed by atoms with Crippen LogP contribution in [0.2, 0.25) is 0 Å². The van der Waals surface area contributed by atoms with Crippen LogP contribution in [-0.4, -0.2) is 30.4 Å². The fourth-order valence-electron chi connectivity index (χ4n) is 2.18. The lowest BCUT2D eigenvalue weighted by atomic mass is 9.91. The highest BCUT2D eigenvalue weighted by molar-refractivity contribution is 5.22. The standard InChI is InChI=1S/C16H26FNO2/c1-3-10-18-16(4-2,13-19)9-6-11-20-15-8-5-7-14(17)12-15/h5,7-8,12,18-19H,3-4,6,9-11,13H2,1-2H3. The third-order valence-electron chi connectivity index (χ3n) is 3.59. The van der Waals surface area contributed by atoms with Gasteiger partial charge in [0.05, 0.1) is 13.2 Å². The molecule has 0 saturated carbocycles. The van der Waals surface area contributed by atoms with E-state index in [0.29, 0.717) is 12.4 Å². The first kappa shape index (κ1) is 16.9. The van der Waals surface area contributed by atoms with Crippen LogP contribution >= 0.6 is 0 Å². The van der Waals surface area contributed by atoms with E-state index in [-0.39, 0.29) is 18.0 Å². The molecule has 0 aliphatic carbocycles. The molecule has 1 atom stereocenters. The second-order valence-corrected chi connectivity index (χ2v) is 5.13. The molecule has 1 aromatic rings. The Labute approximate surface area is 121 Å². The van der Waals surface area contributed by atoms with Gasteiger partial charge in [-0.25, -0.2) is 4.39 Å². The van der Waals surface area contributed by atoms with E-state index in [2.05, 4.69) is 19.2 Å². The number of halogens is 1. The molecule has 0 aromatic heterocycles. The molecule has 0 saturated heterocycles. The molecule has 1 rings (SSSR count). The van der Waals surface area contributed by atoms with Crippen molar-refractivity contribution in [3.63, 3.8) is 0 Å². The highest BCUT2D eigenvalue weighted by Gasteiger charge is 2.25. The van der Waals surface area contributed by atoms with Crippen molar-refractivity contribution in [3.05, 3.63) is 30.1 Å². The van der Waals surface area contributed by atoms with Gasteiger partial charge in [0.25, 0.3) is 0 Å². The van der Waals surface area contributed by atoms with E-state index in [1.54, 1.807) is 12.1 Å². The maximum Gasteiger partial charge on any atom is 0.126 e. The summed E-state index contributed by atoms with van der Waals surface area (Å²) in [5, 5.41) is 13.0. The minimum absolute atomic E-state index is 0.128. The summed E-state index contributed by atoms with van der Waals surface area (Å²) in [6.07, 6.45) is 3.59. The molecule has 114 valence electrons. The smallest absolute Gasteiger partial charge is 0.126 e. The molecule has 4 heteroatoms. The van der Waals surface area contributed by atoms with Gasteiger partial charge in [-0.1, -0.05) is 19.9 Å². The zero-order valence-corrected chi connectivity index (χ0v) is 12.5. The first-order valence-electron chi connectivity index (χ1n) is 7.40. The number of aliphatic hydroxyl groups is 1. The molecule has 3 nitrogen and oxygen atoms in total. The predicted octanol–water partition coefficient (Wildman–Crippen LogP) is 3.13. The van der Waals surface area contributed by atoms with Gasteiger partial charge in [-0.2, -0.15) is 0 Å². The quantitative estimate of drug-likeness (QED) is 0.648. The average Bonchev–Trinajstić information content (AvgIpc) is 2.47. The summed E-state index contributed by atoms with van der Waals surface area (Å²) < 4.78 is 18.5. The van der Waals surface area contributed by atoms with Crippen LogP contribution in [0, 0.1) is 5.82 Å². The molecule has 2 N–H and O–H groups in total. The Morgan fingerprint density at radius 1 is 1.35 bits per heavy atom. The molecule has 0 radical (unpaired) electrons. The average molecular weight is 283 g/mol. The Bertz CT molecular complexity index is 380. The number of ether oxygens (including phenoxy) is 1. The van der Waals surface area contributed by atoms with Gasteiger partial charge in [-0.15, -0.1) is 0 Å². The van der Waals surface area contributed by atoms with Crippen LogP contribution in [0.4, 0.5) is 4.39 Å². The van der Waals surface area contributed by atoms with Gasteiger partial charge < -0.3 is 15.2 Å². The summed E-state index contributed by atoms with van der Waals surface area (Å²) in [5.74, 6) is 0.267. The molecule has 0 heterocycles. The summed E-state index contributed by atoms with van der Waals surface area (Å²) in [7, 11) is 0. The van der Waals surface area contributed by atoms with Crippen molar-refractivity contribution in [2.45, 2.75) is 45.1 Å². The normalized spacial score (nSPS) is 14.0. The molecule has 0 fully saturated rings. The van der Waals surface area contributed by atoms with Crippen LogP contribution in [0.5, 0.6) is 5.75 Å². The van der Waals surface area contributed by atoms with Crippen LogP contribution < -0.4 is 10.1 Å². The number of rotatable bonds is 10. The Morgan fingerprint density at radius 2 is 2.15 bits per heavy atom. The zero-order chi connectivity index (χ0) is 14.8. The van der Waals surface area contributed by atoms with Gasteiger partial charge in [-0.05, 0) is 44.4 Å². The van der Waals surface area contributed by atoms with Gasteiger partial charge in [0.15, 0.2) is 0 Å². The van der Waals surface area contributed by atoms with E-state index < -0.39 is 0 Å². The number of hydrogen-bond acceptors (Lipinski definition) is 3. The van der Waals surface area contributed by atoms with Crippen LogP contribution in [0.15, 0.2) is 24.3 Å². The topological polar surface area (TPSA) is 41.5 Å². The minimum atomic E-state index is -0.287. The number of benzene rings is 1. The molecular weight excluding hydrogens is 257 g/mol. The molecule has 0 bridgehead atoms. The third kappa shape index (κ3) is 5.47. The number of aliphatic hydroxyl groups excluding tert-OH is 1. The van der Waals surface area contributed by atoms with Crippen molar-refractivity contribution in [2.24, 2.45) is 0 Å². The number of hydrogen-bond donors (Lipinski definition) is 2. The van der Waals surface area contributed by atoms with E-state index in [1.807, 2.05) is 0 Å². The molecule has 20 heavy (non-hydrogen) atoms. The molecular formula is C16H26FNO2. The molecule has 0 aliphatic heterocycles. The van der Waals surface area contributed by atoms with Gasteiger partial charge in [0, 0.05) is 11.6 Å². The van der Waals surface area contributed by atoms with E-state index in [4.69, 9.17) is 4.74 Å². The Balaban J connectivity index is 2.37. The van der Waals surface area contributed by atoms with Crippen molar-refractivity contribution < 1.29 is 14.2 Å². The van der Waals surface area contributed by atoms with Gasteiger partial charge in [-0.3, -0.25) is 0 Å². The molecule has 0 amide bonds. The van der Waals surface area contributed by atoms with Crippen LogP contribution in [-0.2, 0) is 0 Å². The van der Waals surface area contributed by atoms with Gasteiger partial charge in [0.1, 0.15) is 11.6 Å². The zero-order valence-electron chi connectivity index (χ0n) is 12.5. The summed E-state index contributed by atoms with van der Waals surface area (Å²) in [6.45, 7) is 5.74. The fraction of sp³-hybridized carbons (Fsp3) is 0.625. The SMILES string of the molecule is CCCNC(CC)(CO)CCCOc1cccc(F)c1. The number of nitrogens with one attached hydrogen (secondary N) is 1. The molecule has 0 spiro atoms. The lowest BCUT2D eigenvalue weighted by molar-refractivity contribution is 0.138. The van der Waals surface area contributed by atoms with Crippen LogP contribution in [0.1, 0.15) is 39.5 Å². The lowest BCUT2D eigenvalue weighted by Gasteiger charge is -2.32. The van der Waals surface area contributed by atoms with Crippen molar-refractivity contribution >= 4 is 0 Å². The Morgan fingerprint density at radius 3 is 2.75 bits per heavy atom. The Hall–Kier alpha value is -1.13. The van der Waals surface area contributed by atoms with Crippen LogP contribution in [0.3, 0.4) is 0 Å². The van der Waals surface area contributed by atoms with E-state index in [9.17, 15) is 9.50 Å². The monoisotopic (exact) mass is 283 g/mol.